The van der Waals surface area contributed by atoms with Gasteiger partial charge in [-0.25, -0.2) is 0 Å². The quantitative estimate of drug-likeness (QED) is 0.448. The molecule has 0 amide bonds. The van der Waals surface area contributed by atoms with Crippen LogP contribution in [0.2, 0.25) is 0 Å². The normalized spacial score (nSPS) is 41.8. The molecule has 0 aromatic heterocycles. The highest BCUT2D eigenvalue weighted by molar-refractivity contribution is 14.1. The summed E-state index contributed by atoms with van der Waals surface area (Å²) in [5, 5.41) is 0. The topological polar surface area (TPSA) is 29.3 Å². The van der Waals surface area contributed by atoms with Crippen molar-refractivity contribution < 1.29 is 13.2 Å². The van der Waals surface area contributed by atoms with Gasteiger partial charge in [0.2, 0.25) is 0 Å². The first-order valence-electron chi connectivity index (χ1n) is 4.11. The van der Waals surface area contributed by atoms with Crippen molar-refractivity contribution in [1.82, 2.24) is 4.90 Å². The Bertz CT molecular complexity index is 208. The van der Waals surface area contributed by atoms with Gasteiger partial charge in [-0.2, -0.15) is 13.2 Å². The molecule has 1 heterocycles. The molecule has 1 saturated heterocycles. The van der Waals surface area contributed by atoms with Crippen LogP contribution in [0.3, 0.4) is 0 Å². The van der Waals surface area contributed by atoms with Crippen LogP contribution in [0.5, 0.6) is 0 Å². The first-order chi connectivity index (χ1) is 5.91. The number of nitrogens with zero attached hydrogens (tertiary/aromatic N) is 1. The van der Waals surface area contributed by atoms with Gasteiger partial charge in [0.1, 0.15) is 0 Å². The third-order valence-electron chi connectivity index (χ3n) is 2.88. The molecule has 0 aromatic carbocycles. The molecular formula is C7H10F3IN2. The fourth-order valence-electron chi connectivity index (χ4n) is 2.00. The van der Waals surface area contributed by atoms with Crippen molar-refractivity contribution >= 4 is 22.6 Å². The number of likely N-dealkylation sites (tertiary alicyclic amines) is 1. The Kier molecular flexibility index (Phi) is 2.27. The van der Waals surface area contributed by atoms with Crippen LogP contribution in [0.15, 0.2) is 0 Å². The van der Waals surface area contributed by atoms with Gasteiger partial charge >= 0.3 is 6.18 Å². The SMILES string of the molecule is NC1C2CN(C(I)C(F)(F)F)CC12. The highest BCUT2D eigenvalue weighted by Crippen LogP contribution is 2.46. The van der Waals surface area contributed by atoms with Gasteiger partial charge < -0.3 is 5.73 Å². The number of rotatable bonds is 1. The zero-order valence-electron chi connectivity index (χ0n) is 6.76. The van der Waals surface area contributed by atoms with Crippen LogP contribution in [0, 0.1) is 11.8 Å². The molecular weight excluding hydrogens is 296 g/mol. The zero-order chi connectivity index (χ0) is 9.80. The minimum Gasteiger partial charge on any atom is -0.327 e. The number of alkyl halides is 4. The molecule has 3 atom stereocenters. The Labute approximate surface area is 87.8 Å². The summed E-state index contributed by atoms with van der Waals surface area (Å²) in [5.41, 5.74) is 5.63. The fraction of sp³-hybridized carbons (Fsp3) is 1.00. The Morgan fingerprint density at radius 1 is 1.31 bits per heavy atom. The monoisotopic (exact) mass is 306 g/mol. The molecule has 2 N–H and O–H groups in total. The van der Waals surface area contributed by atoms with Crippen LogP contribution in [0.4, 0.5) is 13.2 Å². The van der Waals surface area contributed by atoms with E-state index in [0.717, 1.165) is 0 Å². The summed E-state index contributed by atoms with van der Waals surface area (Å²) in [6.07, 6.45) is -4.11. The van der Waals surface area contributed by atoms with Crippen LogP contribution < -0.4 is 5.73 Å². The first kappa shape index (κ1) is 9.97. The number of hydrogen-bond acceptors (Lipinski definition) is 2. The minimum absolute atomic E-state index is 0.160. The van der Waals surface area contributed by atoms with E-state index in [0.29, 0.717) is 24.9 Å². The van der Waals surface area contributed by atoms with Crippen LogP contribution in [-0.2, 0) is 0 Å². The van der Waals surface area contributed by atoms with E-state index in [2.05, 4.69) is 0 Å². The molecule has 0 radical (unpaired) electrons. The van der Waals surface area contributed by atoms with Gasteiger partial charge in [0.15, 0.2) is 4.05 Å². The van der Waals surface area contributed by atoms with Crippen LogP contribution in [-0.4, -0.2) is 34.3 Å². The van der Waals surface area contributed by atoms with E-state index >= 15 is 0 Å². The van der Waals surface area contributed by atoms with Crippen molar-refractivity contribution in [3.63, 3.8) is 0 Å². The van der Waals surface area contributed by atoms with Crippen LogP contribution in [0.25, 0.3) is 0 Å². The van der Waals surface area contributed by atoms with Crippen LogP contribution >= 0.6 is 22.6 Å². The number of nitrogens with two attached hydrogens (primary N) is 1. The van der Waals surface area contributed by atoms with Crippen molar-refractivity contribution in [2.24, 2.45) is 17.6 Å². The Balaban J connectivity index is 1.91. The second-order valence-electron chi connectivity index (χ2n) is 3.74. The van der Waals surface area contributed by atoms with Gasteiger partial charge in [0.05, 0.1) is 0 Å². The van der Waals surface area contributed by atoms with E-state index in [-0.39, 0.29) is 6.04 Å². The van der Waals surface area contributed by atoms with Crippen molar-refractivity contribution in [1.29, 1.82) is 0 Å². The van der Waals surface area contributed by atoms with Gasteiger partial charge in [0.25, 0.3) is 0 Å². The summed E-state index contributed by atoms with van der Waals surface area (Å²) in [5.74, 6) is 0.638. The lowest BCUT2D eigenvalue weighted by Crippen LogP contribution is -2.42. The summed E-state index contributed by atoms with van der Waals surface area (Å²) >= 11 is 1.45. The van der Waals surface area contributed by atoms with Gasteiger partial charge in [0, 0.05) is 19.1 Å². The minimum atomic E-state index is -4.11. The molecule has 0 aromatic rings. The highest BCUT2D eigenvalue weighted by Gasteiger charge is 2.57. The van der Waals surface area contributed by atoms with E-state index < -0.39 is 10.2 Å². The van der Waals surface area contributed by atoms with E-state index in [4.69, 9.17) is 5.73 Å². The van der Waals surface area contributed by atoms with Gasteiger partial charge in [-0.1, -0.05) is 22.6 Å². The van der Waals surface area contributed by atoms with Crippen LogP contribution in [0.1, 0.15) is 0 Å². The van der Waals surface area contributed by atoms with Crippen molar-refractivity contribution in [3.8, 4) is 0 Å². The average molecular weight is 306 g/mol. The molecule has 2 fully saturated rings. The molecule has 3 unspecified atom stereocenters. The Hall–Kier alpha value is 0.440. The summed E-state index contributed by atoms with van der Waals surface area (Å²) in [6.45, 7) is 1.03. The fourth-order valence-corrected chi connectivity index (χ4v) is 2.45. The molecule has 76 valence electrons. The third-order valence-corrected chi connectivity index (χ3v) is 4.37. The summed E-state index contributed by atoms with van der Waals surface area (Å²) in [7, 11) is 0. The van der Waals surface area contributed by atoms with Crippen molar-refractivity contribution in [3.05, 3.63) is 0 Å². The molecule has 13 heavy (non-hydrogen) atoms. The number of fused-ring (bicyclic) bond motifs is 1. The molecule has 1 saturated carbocycles. The Morgan fingerprint density at radius 2 is 1.77 bits per heavy atom. The molecule has 6 heteroatoms. The van der Waals surface area contributed by atoms with Gasteiger partial charge in [-0.05, 0) is 11.8 Å². The first-order valence-corrected chi connectivity index (χ1v) is 5.36. The van der Waals surface area contributed by atoms with Crippen molar-refractivity contribution in [2.75, 3.05) is 13.1 Å². The second kappa shape index (κ2) is 2.96. The maximum atomic E-state index is 12.3. The predicted molar refractivity (Wildman–Crippen MR) is 50.4 cm³/mol. The lowest BCUT2D eigenvalue weighted by Gasteiger charge is -2.26. The summed E-state index contributed by atoms with van der Waals surface area (Å²) in [4.78, 5) is 1.47. The summed E-state index contributed by atoms with van der Waals surface area (Å²) in [6, 6.07) is 0.160. The third kappa shape index (κ3) is 1.68. The van der Waals surface area contributed by atoms with Crippen molar-refractivity contribution in [2.45, 2.75) is 16.3 Å². The van der Waals surface area contributed by atoms with Gasteiger partial charge in [-0.15, -0.1) is 0 Å². The molecule has 1 aliphatic carbocycles. The maximum absolute atomic E-state index is 12.3. The maximum Gasteiger partial charge on any atom is 0.413 e. The zero-order valence-corrected chi connectivity index (χ0v) is 8.92. The molecule has 0 spiro atoms. The predicted octanol–water partition coefficient (Wildman–Crippen LogP) is 1.20. The molecule has 0 bridgehead atoms. The van der Waals surface area contributed by atoms with E-state index in [1.54, 1.807) is 0 Å². The number of hydrogen-bond donors (Lipinski definition) is 1. The number of piperidine rings is 1. The molecule has 2 aliphatic rings. The van der Waals surface area contributed by atoms with E-state index in [9.17, 15) is 13.2 Å². The lowest BCUT2D eigenvalue weighted by molar-refractivity contribution is -0.151. The summed E-state index contributed by atoms with van der Waals surface area (Å²) < 4.78 is 35.4. The average Bonchev–Trinajstić information content (AvgIpc) is 2.51. The Morgan fingerprint density at radius 3 is 2.15 bits per heavy atom. The standard InChI is InChI=1S/C7H10F3IN2/c8-7(9,10)6(11)13-1-3-4(2-13)5(3)12/h3-6H,1-2,12H2. The highest BCUT2D eigenvalue weighted by atomic mass is 127. The van der Waals surface area contributed by atoms with E-state index in [1.807, 2.05) is 0 Å². The smallest absolute Gasteiger partial charge is 0.327 e. The lowest BCUT2D eigenvalue weighted by atomic mass is 10.4. The molecule has 1 aliphatic heterocycles. The largest absolute Gasteiger partial charge is 0.413 e. The second-order valence-corrected chi connectivity index (χ2v) is 4.92. The molecule has 2 nitrogen and oxygen atoms in total. The molecule has 2 rings (SSSR count). The van der Waals surface area contributed by atoms with E-state index in [1.165, 1.54) is 27.5 Å². The van der Waals surface area contributed by atoms with Gasteiger partial charge in [-0.3, -0.25) is 4.90 Å². The number of halogens is 4.